The summed E-state index contributed by atoms with van der Waals surface area (Å²) in [5.74, 6) is 1.31. The molecule has 1 amide bonds. The molecule has 0 fully saturated rings. The van der Waals surface area contributed by atoms with Gasteiger partial charge >= 0.3 is 0 Å². The van der Waals surface area contributed by atoms with Gasteiger partial charge in [0, 0.05) is 18.0 Å². The Morgan fingerprint density at radius 2 is 2.00 bits per heavy atom. The van der Waals surface area contributed by atoms with Gasteiger partial charge in [0.05, 0.1) is 19.8 Å². The number of thiophene rings is 1. The zero-order valence-corrected chi connectivity index (χ0v) is 15.3. The summed E-state index contributed by atoms with van der Waals surface area (Å²) in [6, 6.07) is 5.68. The molecule has 2 aliphatic rings. The van der Waals surface area contributed by atoms with Gasteiger partial charge in [0.2, 0.25) is 0 Å². The van der Waals surface area contributed by atoms with E-state index in [0.717, 1.165) is 35.6 Å². The highest BCUT2D eigenvalue weighted by Crippen LogP contribution is 2.41. The molecule has 0 aliphatic carbocycles. The Bertz CT molecular complexity index is 833. The first kappa shape index (κ1) is 16.2. The molecule has 0 bridgehead atoms. The third kappa shape index (κ3) is 2.73. The lowest BCUT2D eigenvalue weighted by molar-refractivity contribution is 0.0935. The average Bonchev–Trinajstić information content (AvgIpc) is 2.98. The zero-order chi connectivity index (χ0) is 17.6. The van der Waals surface area contributed by atoms with Gasteiger partial charge in [-0.05, 0) is 36.7 Å². The van der Waals surface area contributed by atoms with Crippen molar-refractivity contribution in [2.24, 2.45) is 0 Å². The van der Waals surface area contributed by atoms with Gasteiger partial charge in [-0.3, -0.25) is 4.79 Å². The lowest BCUT2D eigenvalue weighted by Gasteiger charge is -2.27. The number of methoxy groups -OCH3 is 2. The number of fused-ring (bicyclic) bond motifs is 3. The Morgan fingerprint density at radius 3 is 2.76 bits per heavy atom. The van der Waals surface area contributed by atoms with Crippen molar-refractivity contribution in [1.82, 2.24) is 10.2 Å². The largest absolute Gasteiger partial charge is 0.493 e. The lowest BCUT2D eigenvalue weighted by Crippen LogP contribution is -2.38. The van der Waals surface area contributed by atoms with Gasteiger partial charge in [-0.25, -0.2) is 0 Å². The molecule has 2 aromatic rings. The Balaban J connectivity index is 1.67. The Labute approximate surface area is 150 Å². The van der Waals surface area contributed by atoms with Crippen molar-refractivity contribution < 1.29 is 14.3 Å². The van der Waals surface area contributed by atoms with E-state index in [1.807, 2.05) is 18.2 Å². The van der Waals surface area contributed by atoms with Gasteiger partial charge in [0.15, 0.2) is 11.5 Å². The van der Waals surface area contributed by atoms with Crippen LogP contribution in [0.1, 0.15) is 32.5 Å². The molecule has 1 aromatic carbocycles. The van der Waals surface area contributed by atoms with Crippen LogP contribution < -0.4 is 20.1 Å². The van der Waals surface area contributed by atoms with Crippen molar-refractivity contribution in [1.29, 1.82) is 0 Å². The average molecular weight is 359 g/mol. The van der Waals surface area contributed by atoms with Crippen LogP contribution in [0.2, 0.25) is 0 Å². The second-order valence-corrected chi connectivity index (χ2v) is 7.47. The van der Waals surface area contributed by atoms with E-state index in [2.05, 4.69) is 22.6 Å². The van der Waals surface area contributed by atoms with Crippen LogP contribution >= 0.6 is 11.3 Å². The van der Waals surface area contributed by atoms with Crippen LogP contribution in [0.5, 0.6) is 11.5 Å². The van der Waals surface area contributed by atoms with E-state index in [1.54, 1.807) is 25.6 Å². The predicted molar refractivity (Wildman–Crippen MR) is 97.7 cm³/mol. The van der Waals surface area contributed by atoms with Crippen molar-refractivity contribution in [3.05, 3.63) is 39.8 Å². The quantitative estimate of drug-likeness (QED) is 0.882. The topological polar surface area (TPSA) is 62.8 Å². The zero-order valence-electron chi connectivity index (χ0n) is 14.5. The number of rotatable bonds is 3. The molecule has 3 heterocycles. The highest BCUT2D eigenvalue weighted by molar-refractivity contribution is 7.16. The summed E-state index contributed by atoms with van der Waals surface area (Å²) >= 11 is 1.69. The molecule has 0 saturated heterocycles. The number of nitrogens with one attached hydrogen (secondary N) is 2. The number of likely N-dealkylation sites (N-methyl/N-ethyl adjacent to an activating group) is 1. The van der Waals surface area contributed by atoms with Gasteiger partial charge in [0.25, 0.3) is 5.91 Å². The Morgan fingerprint density at radius 1 is 1.20 bits per heavy atom. The summed E-state index contributed by atoms with van der Waals surface area (Å²) in [6.07, 6.45) is 0.644. The monoisotopic (exact) mass is 359 g/mol. The van der Waals surface area contributed by atoms with Gasteiger partial charge < -0.3 is 25.0 Å². The molecule has 2 N–H and O–H groups in total. The molecule has 0 unspecified atom stereocenters. The van der Waals surface area contributed by atoms with Crippen LogP contribution in [0.25, 0.3) is 0 Å². The molecule has 0 saturated carbocycles. The number of benzene rings is 1. The van der Waals surface area contributed by atoms with Crippen LogP contribution in [0, 0.1) is 0 Å². The van der Waals surface area contributed by atoms with E-state index in [-0.39, 0.29) is 12.1 Å². The van der Waals surface area contributed by atoms with Crippen LogP contribution in [-0.4, -0.2) is 38.6 Å². The molecule has 25 heavy (non-hydrogen) atoms. The minimum Gasteiger partial charge on any atom is -0.493 e. The molecule has 0 radical (unpaired) electrons. The van der Waals surface area contributed by atoms with Crippen molar-refractivity contribution in [3.63, 3.8) is 0 Å². The van der Waals surface area contributed by atoms with Gasteiger partial charge in [-0.15, -0.1) is 11.3 Å². The van der Waals surface area contributed by atoms with Crippen LogP contribution in [0.15, 0.2) is 18.2 Å². The smallest absolute Gasteiger partial charge is 0.256 e. The number of anilines is 1. The summed E-state index contributed by atoms with van der Waals surface area (Å²) in [4.78, 5) is 16.3. The van der Waals surface area contributed by atoms with Crippen LogP contribution in [0.4, 0.5) is 5.00 Å². The van der Waals surface area contributed by atoms with Crippen molar-refractivity contribution in [2.75, 3.05) is 33.1 Å². The van der Waals surface area contributed by atoms with E-state index in [4.69, 9.17) is 9.47 Å². The first-order chi connectivity index (χ1) is 12.1. The molecule has 1 atom stereocenters. The second kappa shape index (κ2) is 6.24. The fourth-order valence-electron chi connectivity index (χ4n) is 3.44. The number of carbonyl (C=O) groups excluding carboxylic acids is 1. The molecular weight excluding hydrogens is 338 g/mol. The predicted octanol–water partition coefficient (Wildman–Crippen LogP) is 2.61. The standard InChI is InChI=1S/C18H21N3O3S/c1-21-7-6-11-14(9-21)25-18-15(11)17(22)19-16(20-18)10-4-5-12(23-2)13(8-10)24-3/h4-5,8,16,20H,6-7,9H2,1-3H3,(H,19,22)/t16-/m1/s1. The van der Waals surface area contributed by atoms with Crippen LogP contribution in [0.3, 0.4) is 0 Å². The summed E-state index contributed by atoms with van der Waals surface area (Å²) in [6.45, 7) is 1.89. The fourth-order valence-corrected chi connectivity index (χ4v) is 4.80. The van der Waals surface area contributed by atoms with Gasteiger partial charge in [-0.2, -0.15) is 0 Å². The number of nitrogens with zero attached hydrogens (tertiary/aromatic N) is 1. The van der Waals surface area contributed by atoms with E-state index in [1.165, 1.54) is 10.4 Å². The van der Waals surface area contributed by atoms with Crippen molar-refractivity contribution in [2.45, 2.75) is 19.1 Å². The molecule has 132 valence electrons. The number of ether oxygens (including phenoxy) is 2. The third-order valence-electron chi connectivity index (χ3n) is 4.77. The highest BCUT2D eigenvalue weighted by Gasteiger charge is 2.33. The maximum absolute atomic E-state index is 12.7. The van der Waals surface area contributed by atoms with E-state index in [9.17, 15) is 4.79 Å². The van der Waals surface area contributed by atoms with E-state index in [0.29, 0.717) is 11.5 Å². The van der Waals surface area contributed by atoms with Crippen molar-refractivity contribution >= 4 is 22.2 Å². The first-order valence-electron chi connectivity index (χ1n) is 8.23. The minimum absolute atomic E-state index is 0.00409. The van der Waals surface area contributed by atoms with E-state index < -0.39 is 0 Å². The summed E-state index contributed by atoms with van der Waals surface area (Å²) < 4.78 is 10.7. The molecule has 0 spiro atoms. The normalized spacial score (nSPS) is 19.5. The molecule has 1 aromatic heterocycles. The number of hydrogen-bond acceptors (Lipinski definition) is 6. The fraction of sp³-hybridized carbons (Fsp3) is 0.389. The first-order valence-corrected chi connectivity index (χ1v) is 9.04. The molecular formula is C18H21N3O3S. The number of amides is 1. The summed E-state index contributed by atoms with van der Waals surface area (Å²) in [5.41, 5.74) is 2.96. The highest BCUT2D eigenvalue weighted by atomic mass is 32.1. The number of hydrogen-bond donors (Lipinski definition) is 2. The SMILES string of the molecule is COc1ccc([C@@H]2NC(=O)c3c(sc4c3CCN(C)C4)N2)cc1OC. The third-order valence-corrected chi connectivity index (χ3v) is 5.91. The maximum atomic E-state index is 12.7. The molecule has 4 rings (SSSR count). The minimum atomic E-state index is -0.280. The van der Waals surface area contributed by atoms with Crippen molar-refractivity contribution in [3.8, 4) is 11.5 Å². The maximum Gasteiger partial charge on any atom is 0.256 e. The summed E-state index contributed by atoms with van der Waals surface area (Å²) in [7, 11) is 5.33. The lowest BCUT2D eigenvalue weighted by atomic mass is 10.0. The molecule has 2 aliphatic heterocycles. The van der Waals surface area contributed by atoms with Gasteiger partial charge in [-0.1, -0.05) is 6.07 Å². The summed E-state index contributed by atoms with van der Waals surface area (Å²) in [5, 5.41) is 7.51. The second-order valence-electron chi connectivity index (χ2n) is 6.36. The molecule has 7 heteroatoms. The van der Waals surface area contributed by atoms with Gasteiger partial charge in [0.1, 0.15) is 11.2 Å². The Kier molecular flexibility index (Phi) is 4.05. The van der Waals surface area contributed by atoms with Crippen LogP contribution in [-0.2, 0) is 13.0 Å². The van der Waals surface area contributed by atoms with E-state index >= 15 is 0 Å². The number of carbonyl (C=O) groups is 1. The Hall–Kier alpha value is -2.25. The molecule has 6 nitrogen and oxygen atoms in total.